The Balaban J connectivity index is 3.40. The van der Waals surface area contributed by atoms with Gasteiger partial charge in [0.1, 0.15) is 0 Å². The maximum Gasteiger partial charge on any atom is 0.264 e. The van der Waals surface area contributed by atoms with Gasteiger partial charge in [-0.25, -0.2) is 0 Å². The second-order valence-corrected chi connectivity index (χ2v) is 5.01. The van der Waals surface area contributed by atoms with Gasteiger partial charge in [0, 0.05) is 0 Å². The first kappa shape index (κ1) is 13.8. The van der Waals surface area contributed by atoms with Crippen molar-refractivity contribution in [3.8, 4) is 0 Å². The highest BCUT2D eigenvalue weighted by molar-refractivity contribution is 7.85. The molecule has 6 heteroatoms. The Bertz CT molecular complexity index is 229. The summed E-state index contributed by atoms with van der Waals surface area (Å²) in [6, 6.07) is 0. The summed E-state index contributed by atoms with van der Waals surface area (Å²) in [4.78, 5) is 2.04. The number of nitrogens with two attached hydrogens (primary N) is 1. The maximum atomic E-state index is 10.4. The molecular formula is C8H20N2O3S. The van der Waals surface area contributed by atoms with E-state index in [4.69, 9.17) is 10.3 Å². The molecule has 14 heavy (non-hydrogen) atoms. The van der Waals surface area contributed by atoms with Gasteiger partial charge < -0.3 is 10.6 Å². The summed E-state index contributed by atoms with van der Waals surface area (Å²) < 4.78 is 29.3. The molecule has 0 bridgehead atoms. The molecule has 0 saturated carbocycles. The molecule has 0 amide bonds. The highest BCUT2D eigenvalue weighted by Gasteiger charge is 2.05. The minimum atomic E-state index is -3.79. The van der Waals surface area contributed by atoms with E-state index in [1.54, 1.807) is 0 Å². The van der Waals surface area contributed by atoms with Gasteiger partial charge in [-0.05, 0) is 45.9 Å². The molecule has 0 spiro atoms. The predicted octanol–water partition coefficient (Wildman–Crippen LogP) is -0.0650. The SMILES string of the molecule is CN(CCCCN)CCCS(=O)(=O)O. The van der Waals surface area contributed by atoms with E-state index < -0.39 is 10.1 Å². The maximum absolute atomic E-state index is 10.4. The van der Waals surface area contributed by atoms with E-state index >= 15 is 0 Å². The van der Waals surface area contributed by atoms with Crippen LogP contribution in [0.2, 0.25) is 0 Å². The molecule has 0 unspecified atom stereocenters. The van der Waals surface area contributed by atoms with Crippen LogP contribution in [-0.2, 0) is 10.1 Å². The molecule has 0 fully saturated rings. The van der Waals surface area contributed by atoms with Crippen LogP contribution >= 0.6 is 0 Å². The predicted molar refractivity (Wildman–Crippen MR) is 56.8 cm³/mol. The summed E-state index contributed by atoms with van der Waals surface area (Å²) in [6.45, 7) is 2.30. The lowest BCUT2D eigenvalue weighted by atomic mass is 10.3. The molecule has 0 aliphatic heterocycles. The largest absolute Gasteiger partial charge is 0.330 e. The number of nitrogens with zero attached hydrogens (tertiary/aromatic N) is 1. The van der Waals surface area contributed by atoms with E-state index in [-0.39, 0.29) is 5.75 Å². The van der Waals surface area contributed by atoms with Gasteiger partial charge in [-0.2, -0.15) is 8.42 Å². The van der Waals surface area contributed by atoms with Gasteiger partial charge in [0.15, 0.2) is 0 Å². The van der Waals surface area contributed by atoms with Gasteiger partial charge in [0.25, 0.3) is 10.1 Å². The molecule has 0 aliphatic carbocycles. The molecule has 5 nitrogen and oxygen atoms in total. The van der Waals surface area contributed by atoms with Crippen molar-refractivity contribution in [2.45, 2.75) is 19.3 Å². The molecule has 0 aromatic rings. The van der Waals surface area contributed by atoms with Gasteiger partial charge in [0.05, 0.1) is 5.75 Å². The van der Waals surface area contributed by atoms with Crippen LogP contribution in [0.5, 0.6) is 0 Å². The zero-order valence-electron chi connectivity index (χ0n) is 8.65. The van der Waals surface area contributed by atoms with Crippen LogP contribution in [0.15, 0.2) is 0 Å². The average molecular weight is 224 g/mol. The van der Waals surface area contributed by atoms with Crippen LogP contribution in [0.25, 0.3) is 0 Å². The van der Waals surface area contributed by atoms with Crippen molar-refractivity contribution >= 4 is 10.1 Å². The molecular weight excluding hydrogens is 204 g/mol. The Morgan fingerprint density at radius 2 is 1.79 bits per heavy atom. The fraction of sp³-hybridized carbons (Fsp3) is 1.00. The Morgan fingerprint density at radius 1 is 1.21 bits per heavy atom. The van der Waals surface area contributed by atoms with E-state index in [0.29, 0.717) is 19.5 Å². The Morgan fingerprint density at radius 3 is 2.29 bits per heavy atom. The van der Waals surface area contributed by atoms with Crippen molar-refractivity contribution in [3.63, 3.8) is 0 Å². The minimum Gasteiger partial charge on any atom is -0.330 e. The molecule has 0 radical (unpaired) electrons. The first-order chi connectivity index (χ1) is 6.45. The quantitative estimate of drug-likeness (QED) is 0.445. The Hall–Kier alpha value is -0.170. The van der Waals surface area contributed by atoms with Gasteiger partial charge >= 0.3 is 0 Å². The van der Waals surface area contributed by atoms with E-state index in [9.17, 15) is 8.42 Å². The average Bonchev–Trinajstić information content (AvgIpc) is 2.02. The number of rotatable bonds is 8. The first-order valence-electron chi connectivity index (χ1n) is 4.79. The second-order valence-electron chi connectivity index (χ2n) is 3.44. The summed E-state index contributed by atoms with van der Waals surface area (Å²) in [5.74, 6) is -0.159. The van der Waals surface area contributed by atoms with E-state index in [1.165, 1.54) is 0 Å². The van der Waals surface area contributed by atoms with Crippen LogP contribution in [0, 0.1) is 0 Å². The molecule has 0 atom stereocenters. The molecule has 0 aliphatic rings. The van der Waals surface area contributed by atoms with Crippen LogP contribution in [-0.4, -0.2) is 50.3 Å². The molecule has 0 aromatic heterocycles. The lowest BCUT2D eigenvalue weighted by Crippen LogP contribution is -2.23. The molecule has 3 N–H and O–H groups in total. The Labute approximate surface area is 86.0 Å². The zero-order chi connectivity index (χ0) is 11.0. The third-order valence-corrected chi connectivity index (χ3v) is 2.74. The molecule has 0 rings (SSSR count). The number of hydrogen-bond acceptors (Lipinski definition) is 4. The lowest BCUT2D eigenvalue weighted by molar-refractivity contribution is 0.326. The highest BCUT2D eigenvalue weighted by atomic mass is 32.2. The van der Waals surface area contributed by atoms with Crippen molar-refractivity contribution in [3.05, 3.63) is 0 Å². The van der Waals surface area contributed by atoms with E-state index in [1.807, 2.05) is 11.9 Å². The monoisotopic (exact) mass is 224 g/mol. The topological polar surface area (TPSA) is 83.6 Å². The van der Waals surface area contributed by atoms with Gasteiger partial charge in [0.2, 0.25) is 0 Å². The van der Waals surface area contributed by atoms with E-state index in [2.05, 4.69) is 0 Å². The Kier molecular flexibility index (Phi) is 7.08. The lowest BCUT2D eigenvalue weighted by Gasteiger charge is -2.15. The standard InChI is InChI=1S/C8H20N2O3S/c1-10(6-3-2-5-9)7-4-8-14(11,12)13/h2-9H2,1H3,(H,11,12,13). The van der Waals surface area contributed by atoms with Crippen molar-refractivity contribution < 1.29 is 13.0 Å². The van der Waals surface area contributed by atoms with Crippen molar-refractivity contribution in [2.75, 3.05) is 32.4 Å². The molecule has 0 aromatic carbocycles. The van der Waals surface area contributed by atoms with Crippen LogP contribution in [0.1, 0.15) is 19.3 Å². The highest BCUT2D eigenvalue weighted by Crippen LogP contribution is 1.95. The first-order valence-corrected chi connectivity index (χ1v) is 6.40. The summed E-state index contributed by atoms with van der Waals surface area (Å²) >= 11 is 0. The summed E-state index contributed by atoms with van der Waals surface area (Å²) in [5.41, 5.74) is 5.34. The summed E-state index contributed by atoms with van der Waals surface area (Å²) in [5, 5.41) is 0. The molecule has 0 heterocycles. The fourth-order valence-corrected chi connectivity index (χ4v) is 1.65. The van der Waals surface area contributed by atoms with Gasteiger partial charge in [-0.1, -0.05) is 0 Å². The molecule has 86 valence electrons. The van der Waals surface area contributed by atoms with Gasteiger partial charge in [-0.15, -0.1) is 0 Å². The molecule has 0 saturated heterocycles. The van der Waals surface area contributed by atoms with Crippen LogP contribution < -0.4 is 5.73 Å². The summed E-state index contributed by atoms with van der Waals surface area (Å²) in [7, 11) is -1.86. The third kappa shape index (κ3) is 9.91. The minimum absolute atomic E-state index is 0.159. The van der Waals surface area contributed by atoms with Gasteiger partial charge in [-0.3, -0.25) is 4.55 Å². The normalized spacial score (nSPS) is 12.3. The number of unbranched alkanes of at least 4 members (excludes halogenated alkanes) is 1. The van der Waals surface area contributed by atoms with Crippen LogP contribution in [0.3, 0.4) is 0 Å². The van der Waals surface area contributed by atoms with Crippen LogP contribution in [0.4, 0.5) is 0 Å². The summed E-state index contributed by atoms with van der Waals surface area (Å²) in [6.07, 6.45) is 2.49. The van der Waals surface area contributed by atoms with Crippen molar-refractivity contribution in [1.29, 1.82) is 0 Å². The number of hydrogen-bond donors (Lipinski definition) is 2. The van der Waals surface area contributed by atoms with E-state index in [0.717, 1.165) is 19.4 Å². The second kappa shape index (κ2) is 7.17. The zero-order valence-corrected chi connectivity index (χ0v) is 9.46. The smallest absolute Gasteiger partial charge is 0.264 e. The fourth-order valence-electron chi connectivity index (χ4n) is 1.15. The third-order valence-electron chi connectivity index (χ3n) is 1.94. The van der Waals surface area contributed by atoms with Crippen molar-refractivity contribution in [1.82, 2.24) is 4.90 Å². The van der Waals surface area contributed by atoms with Crippen molar-refractivity contribution in [2.24, 2.45) is 5.73 Å².